The monoisotopic (exact) mass is 283 g/mol. The van der Waals surface area contributed by atoms with E-state index >= 15 is 0 Å². The summed E-state index contributed by atoms with van der Waals surface area (Å²) in [5.41, 5.74) is 2.35. The van der Waals surface area contributed by atoms with Crippen LogP contribution in [0.5, 0.6) is 0 Å². The molecular weight excluding hydrogens is 262 g/mol. The highest BCUT2D eigenvalue weighted by atomic mass is 32.2. The predicted octanol–water partition coefficient (Wildman–Crippen LogP) is 0.975. The molecule has 1 aromatic carbocycles. The fourth-order valence-electron chi connectivity index (χ4n) is 2.55. The van der Waals surface area contributed by atoms with Gasteiger partial charge in [0.05, 0.1) is 23.7 Å². The fraction of sp³-hybridized carbons (Fsp3) is 0.571. The van der Waals surface area contributed by atoms with Crippen molar-refractivity contribution in [2.24, 2.45) is 0 Å². The number of nitrogens with zero attached hydrogens (tertiary/aromatic N) is 1. The highest BCUT2D eigenvalue weighted by Crippen LogP contribution is 2.20. The molecule has 0 saturated carbocycles. The van der Waals surface area contributed by atoms with Gasteiger partial charge in [-0.3, -0.25) is 4.90 Å². The number of sulfone groups is 1. The van der Waals surface area contributed by atoms with Gasteiger partial charge in [-0.1, -0.05) is 36.8 Å². The van der Waals surface area contributed by atoms with Gasteiger partial charge in [-0.05, 0) is 19.0 Å². The molecule has 1 heterocycles. The van der Waals surface area contributed by atoms with Gasteiger partial charge in [0.15, 0.2) is 9.84 Å². The minimum Gasteiger partial charge on any atom is -0.390 e. The van der Waals surface area contributed by atoms with E-state index in [2.05, 4.69) is 0 Å². The van der Waals surface area contributed by atoms with Gasteiger partial charge in [0.2, 0.25) is 0 Å². The molecule has 106 valence electrons. The Labute approximate surface area is 115 Å². The summed E-state index contributed by atoms with van der Waals surface area (Å²) in [6.45, 7) is 5.43. The van der Waals surface area contributed by atoms with Crippen LogP contribution in [0.15, 0.2) is 24.3 Å². The molecule has 2 rings (SSSR count). The summed E-state index contributed by atoms with van der Waals surface area (Å²) >= 11 is 0. The Morgan fingerprint density at radius 2 is 1.89 bits per heavy atom. The topological polar surface area (TPSA) is 57.6 Å². The average Bonchev–Trinajstić information content (AvgIpc) is 2.62. The number of rotatable bonds is 4. The smallest absolute Gasteiger partial charge is 0.154 e. The van der Waals surface area contributed by atoms with Crippen molar-refractivity contribution in [3.05, 3.63) is 35.4 Å². The molecule has 0 spiro atoms. The van der Waals surface area contributed by atoms with Crippen LogP contribution < -0.4 is 0 Å². The second-order valence-corrected chi connectivity index (χ2v) is 7.41. The van der Waals surface area contributed by atoms with Crippen LogP contribution in [-0.2, 0) is 16.4 Å². The van der Waals surface area contributed by atoms with Crippen LogP contribution >= 0.6 is 0 Å². The van der Waals surface area contributed by atoms with E-state index in [1.54, 1.807) is 0 Å². The number of benzene rings is 1. The Bertz CT molecular complexity index is 524. The number of aliphatic hydroxyl groups is 1. The molecule has 4 nitrogen and oxygen atoms in total. The zero-order chi connectivity index (χ0) is 14.0. The van der Waals surface area contributed by atoms with Gasteiger partial charge < -0.3 is 5.11 Å². The van der Waals surface area contributed by atoms with E-state index in [4.69, 9.17) is 0 Å². The van der Waals surface area contributed by atoms with Gasteiger partial charge in [-0.2, -0.15) is 0 Å². The maximum absolute atomic E-state index is 11.6. The molecule has 0 radical (unpaired) electrons. The Morgan fingerprint density at radius 1 is 1.26 bits per heavy atom. The summed E-state index contributed by atoms with van der Waals surface area (Å²) in [6, 6.07) is 7.91. The van der Waals surface area contributed by atoms with Crippen LogP contribution in [0.4, 0.5) is 0 Å². The number of likely N-dealkylation sites (N-methyl/N-ethyl adjacent to an activating group) is 1. The van der Waals surface area contributed by atoms with Crippen molar-refractivity contribution in [3.8, 4) is 0 Å². The number of aryl methyl sites for hydroxylation is 1. The average molecular weight is 283 g/mol. The van der Waals surface area contributed by atoms with E-state index in [9.17, 15) is 13.5 Å². The lowest BCUT2D eigenvalue weighted by molar-refractivity contribution is 0.0818. The molecule has 0 aliphatic carbocycles. The highest BCUT2D eigenvalue weighted by molar-refractivity contribution is 7.91. The Balaban J connectivity index is 2.10. The zero-order valence-electron chi connectivity index (χ0n) is 11.4. The van der Waals surface area contributed by atoms with Crippen molar-refractivity contribution < 1.29 is 13.5 Å². The van der Waals surface area contributed by atoms with E-state index in [1.165, 1.54) is 5.56 Å². The summed E-state index contributed by atoms with van der Waals surface area (Å²) in [7, 11) is -3.09. The molecule has 0 bridgehead atoms. The van der Waals surface area contributed by atoms with Crippen LogP contribution in [0.1, 0.15) is 18.1 Å². The predicted molar refractivity (Wildman–Crippen MR) is 75.7 cm³/mol. The first-order valence-electron chi connectivity index (χ1n) is 6.59. The number of hydrogen-bond acceptors (Lipinski definition) is 4. The van der Waals surface area contributed by atoms with Crippen LogP contribution in [0.2, 0.25) is 0 Å². The molecular formula is C14H21NO3S. The third kappa shape index (κ3) is 3.55. The third-order valence-corrected chi connectivity index (χ3v) is 5.37. The molecule has 1 fully saturated rings. The van der Waals surface area contributed by atoms with E-state index in [0.29, 0.717) is 6.54 Å². The molecule has 19 heavy (non-hydrogen) atoms. The van der Waals surface area contributed by atoms with Gasteiger partial charge in [0.25, 0.3) is 0 Å². The minimum absolute atomic E-state index is 0.0634. The molecule has 1 aliphatic rings. The first-order chi connectivity index (χ1) is 8.91. The Kier molecular flexibility index (Phi) is 4.28. The zero-order valence-corrected chi connectivity index (χ0v) is 12.2. The molecule has 0 aromatic heterocycles. The molecule has 2 atom stereocenters. The molecule has 0 amide bonds. The van der Waals surface area contributed by atoms with E-state index in [-0.39, 0.29) is 17.5 Å². The van der Waals surface area contributed by atoms with Crippen LogP contribution in [0, 0.1) is 6.92 Å². The lowest BCUT2D eigenvalue weighted by atomic mass is 10.1. The second kappa shape index (κ2) is 5.61. The van der Waals surface area contributed by atoms with Crippen molar-refractivity contribution in [2.75, 3.05) is 18.1 Å². The summed E-state index contributed by atoms with van der Waals surface area (Å²) < 4.78 is 23.2. The SMILES string of the molecule is CCN(Cc1ccc(C)cc1)[C@@H]1CS(=O)(=O)C[C@@H]1O. The molecule has 1 aliphatic heterocycles. The summed E-state index contributed by atoms with van der Waals surface area (Å²) in [5.74, 6) is -0.0457. The molecule has 1 N–H and O–H groups in total. The Hall–Kier alpha value is -0.910. The quantitative estimate of drug-likeness (QED) is 0.895. The number of aliphatic hydroxyl groups excluding tert-OH is 1. The summed E-state index contributed by atoms with van der Waals surface area (Å²) in [5, 5.41) is 9.93. The largest absolute Gasteiger partial charge is 0.390 e. The van der Waals surface area contributed by atoms with Gasteiger partial charge in [0, 0.05) is 6.54 Å². The van der Waals surface area contributed by atoms with Gasteiger partial charge in [-0.25, -0.2) is 8.42 Å². The maximum Gasteiger partial charge on any atom is 0.154 e. The lowest BCUT2D eigenvalue weighted by Gasteiger charge is -2.28. The molecule has 5 heteroatoms. The van der Waals surface area contributed by atoms with E-state index < -0.39 is 15.9 Å². The molecule has 1 saturated heterocycles. The van der Waals surface area contributed by atoms with Crippen molar-refractivity contribution in [2.45, 2.75) is 32.5 Å². The van der Waals surface area contributed by atoms with Gasteiger partial charge in [-0.15, -0.1) is 0 Å². The van der Waals surface area contributed by atoms with Crippen LogP contribution in [0.25, 0.3) is 0 Å². The fourth-order valence-corrected chi connectivity index (χ4v) is 4.38. The van der Waals surface area contributed by atoms with Gasteiger partial charge >= 0.3 is 0 Å². The third-order valence-electron chi connectivity index (χ3n) is 3.68. The van der Waals surface area contributed by atoms with E-state index in [1.807, 2.05) is 43.0 Å². The lowest BCUT2D eigenvalue weighted by Crippen LogP contribution is -2.42. The Morgan fingerprint density at radius 3 is 2.37 bits per heavy atom. The number of hydrogen-bond donors (Lipinski definition) is 1. The molecule has 0 unspecified atom stereocenters. The standard InChI is InChI=1S/C14H21NO3S/c1-3-15(8-12-6-4-11(2)5-7-12)13-9-19(17,18)10-14(13)16/h4-7,13-14,16H,3,8-10H2,1-2H3/t13-,14+/m1/s1. The first-order valence-corrected chi connectivity index (χ1v) is 8.41. The first kappa shape index (κ1) is 14.5. The van der Waals surface area contributed by atoms with Crippen LogP contribution in [-0.4, -0.2) is 48.6 Å². The van der Waals surface area contributed by atoms with Crippen molar-refractivity contribution in [1.82, 2.24) is 4.90 Å². The normalized spacial score (nSPS) is 25.9. The molecule has 1 aromatic rings. The van der Waals surface area contributed by atoms with Crippen molar-refractivity contribution >= 4 is 9.84 Å². The second-order valence-electron chi connectivity index (χ2n) is 5.26. The van der Waals surface area contributed by atoms with Crippen molar-refractivity contribution in [3.63, 3.8) is 0 Å². The summed E-state index contributed by atoms with van der Waals surface area (Å²) in [4.78, 5) is 2.04. The van der Waals surface area contributed by atoms with E-state index in [0.717, 1.165) is 12.1 Å². The van der Waals surface area contributed by atoms with Crippen molar-refractivity contribution in [1.29, 1.82) is 0 Å². The highest BCUT2D eigenvalue weighted by Gasteiger charge is 2.39. The summed E-state index contributed by atoms with van der Waals surface area (Å²) in [6.07, 6.45) is -0.768. The van der Waals surface area contributed by atoms with Gasteiger partial charge in [0.1, 0.15) is 0 Å². The van der Waals surface area contributed by atoms with Crippen LogP contribution in [0.3, 0.4) is 0 Å². The minimum atomic E-state index is -3.09. The maximum atomic E-state index is 11.6.